The van der Waals surface area contributed by atoms with Crippen LogP contribution in [0, 0.1) is 0 Å². The first-order chi connectivity index (χ1) is 12.3. The highest BCUT2D eigenvalue weighted by atomic mass is 35.5. The number of halogens is 3. The van der Waals surface area contributed by atoms with Crippen molar-refractivity contribution >= 4 is 69.3 Å². The Morgan fingerprint density at radius 2 is 1.69 bits per heavy atom. The summed E-state index contributed by atoms with van der Waals surface area (Å²) >= 11 is 18.3. The normalized spacial score (nSPS) is 11.7. The maximum absolute atomic E-state index is 11.8. The average molecular weight is 411 g/mol. The molecule has 1 heterocycles. The molecule has 0 spiro atoms. The lowest BCUT2D eigenvalue weighted by atomic mass is 10.0. The van der Waals surface area contributed by atoms with Crippen LogP contribution >= 0.6 is 34.8 Å². The quantitative estimate of drug-likeness (QED) is 0.499. The van der Waals surface area contributed by atoms with E-state index in [0.29, 0.717) is 15.9 Å². The lowest BCUT2D eigenvalue weighted by Crippen LogP contribution is -2.03. The summed E-state index contributed by atoms with van der Waals surface area (Å²) in [6.45, 7) is 0. The second kappa shape index (κ2) is 7.03. The molecule has 3 aromatic rings. The Labute approximate surface area is 162 Å². The highest BCUT2D eigenvalue weighted by molar-refractivity contribution is 6.40. The summed E-state index contributed by atoms with van der Waals surface area (Å²) in [5.41, 5.74) is 0.416. The number of benzene rings is 2. The Balaban J connectivity index is 2.37. The molecule has 26 heavy (non-hydrogen) atoms. The van der Waals surface area contributed by atoms with Gasteiger partial charge in [0.25, 0.3) is 0 Å². The number of hydrogen-bond donors (Lipinski definition) is 3. The van der Waals surface area contributed by atoms with Crippen molar-refractivity contribution in [2.45, 2.75) is 0 Å². The molecule has 0 fully saturated rings. The van der Waals surface area contributed by atoms with Gasteiger partial charge >= 0.3 is 11.9 Å². The zero-order valence-electron chi connectivity index (χ0n) is 12.9. The van der Waals surface area contributed by atoms with E-state index in [-0.39, 0.29) is 32.4 Å². The number of carbonyl (C=O) groups is 2. The van der Waals surface area contributed by atoms with E-state index in [1.165, 1.54) is 24.3 Å². The number of hydrogen-bond acceptors (Lipinski definition) is 2. The van der Waals surface area contributed by atoms with E-state index in [4.69, 9.17) is 34.8 Å². The maximum atomic E-state index is 11.8. The van der Waals surface area contributed by atoms with Crippen molar-refractivity contribution in [1.82, 2.24) is 4.98 Å². The molecule has 0 aliphatic carbocycles. The smallest absolute Gasteiger partial charge is 0.352 e. The van der Waals surface area contributed by atoms with Gasteiger partial charge in [-0.25, -0.2) is 9.59 Å². The molecule has 3 rings (SSSR count). The summed E-state index contributed by atoms with van der Waals surface area (Å²) < 4.78 is 0. The van der Waals surface area contributed by atoms with Gasteiger partial charge in [-0.15, -0.1) is 0 Å². The van der Waals surface area contributed by atoms with E-state index >= 15 is 0 Å². The minimum absolute atomic E-state index is 0.131. The van der Waals surface area contributed by atoms with Crippen LogP contribution in [0.15, 0.2) is 36.4 Å². The Morgan fingerprint density at radius 1 is 1.00 bits per heavy atom. The second-order valence-electron chi connectivity index (χ2n) is 5.37. The van der Waals surface area contributed by atoms with Crippen molar-refractivity contribution < 1.29 is 19.8 Å². The van der Waals surface area contributed by atoms with Crippen LogP contribution in [0.25, 0.3) is 22.6 Å². The number of aromatic amines is 1. The molecule has 1 aromatic heterocycles. The molecule has 2 aromatic carbocycles. The summed E-state index contributed by atoms with van der Waals surface area (Å²) in [7, 11) is 0. The highest BCUT2D eigenvalue weighted by Crippen LogP contribution is 2.35. The zero-order valence-corrected chi connectivity index (χ0v) is 15.2. The number of fused-ring (bicyclic) bond motifs is 1. The van der Waals surface area contributed by atoms with Crippen LogP contribution in [0.4, 0.5) is 0 Å². The van der Waals surface area contributed by atoms with E-state index in [1.807, 2.05) is 0 Å². The third-order valence-corrected chi connectivity index (χ3v) is 4.60. The van der Waals surface area contributed by atoms with Gasteiger partial charge in [0.1, 0.15) is 5.69 Å². The highest BCUT2D eigenvalue weighted by Gasteiger charge is 2.21. The number of rotatable bonds is 4. The number of aromatic carboxylic acids is 1. The Morgan fingerprint density at radius 3 is 2.31 bits per heavy atom. The van der Waals surface area contributed by atoms with Crippen LogP contribution in [-0.2, 0) is 4.79 Å². The van der Waals surface area contributed by atoms with Gasteiger partial charge in [0.05, 0.1) is 10.6 Å². The standard InChI is InChI=1S/C18H10Cl3NO4/c19-8-5-13(21)15-11(16(18(25)26)22-14(15)6-8)7-10(17(23)24)9-3-1-2-4-12(9)20/h1-7,22H,(H,23,24)(H,25,26)/b10-7+. The number of aromatic nitrogens is 1. The molecule has 3 N–H and O–H groups in total. The lowest BCUT2D eigenvalue weighted by molar-refractivity contribution is -0.130. The summed E-state index contributed by atoms with van der Waals surface area (Å²) in [5, 5.41) is 20.2. The minimum Gasteiger partial charge on any atom is -0.478 e. The fraction of sp³-hybridized carbons (Fsp3) is 0. The van der Waals surface area contributed by atoms with Gasteiger partial charge in [-0.1, -0.05) is 53.0 Å². The Hall–Kier alpha value is -2.47. The molecule has 0 aliphatic heterocycles. The molecule has 0 atom stereocenters. The van der Waals surface area contributed by atoms with Crippen LogP contribution in [0.3, 0.4) is 0 Å². The summed E-state index contributed by atoms with van der Waals surface area (Å²) in [6.07, 6.45) is 1.24. The van der Waals surface area contributed by atoms with Crippen molar-refractivity contribution in [2.75, 3.05) is 0 Å². The molecule has 0 amide bonds. The number of carboxylic acid groups (broad SMARTS) is 2. The van der Waals surface area contributed by atoms with Crippen LogP contribution in [0.2, 0.25) is 15.1 Å². The van der Waals surface area contributed by atoms with Gasteiger partial charge in [-0.05, 0) is 24.3 Å². The molecule has 132 valence electrons. The van der Waals surface area contributed by atoms with Gasteiger partial charge in [-0.3, -0.25) is 0 Å². The largest absolute Gasteiger partial charge is 0.478 e. The number of aliphatic carboxylic acids is 1. The predicted octanol–water partition coefficient (Wildman–Crippen LogP) is 5.45. The van der Waals surface area contributed by atoms with Crippen molar-refractivity contribution in [3.63, 3.8) is 0 Å². The monoisotopic (exact) mass is 409 g/mol. The third-order valence-electron chi connectivity index (χ3n) is 3.75. The van der Waals surface area contributed by atoms with E-state index in [9.17, 15) is 19.8 Å². The van der Waals surface area contributed by atoms with Gasteiger partial charge in [0.2, 0.25) is 0 Å². The van der Waals surface area contributed by atoms with Crippen molar-refractivity contribution in [3.05, 3.63) is 68.3 Å². The van der Waals surface area contributed by atoms with Crippen LogP contribution in [-0.4, -0.2) is 27.1 Å². The van der Waals surface area contributed by atoms with Crippen LogP contribution in [0.5, 0.6) is 0 Å². The first-order valence-corrected chi connectivity index (χ1v) is 8.37. The SMILES string of the molecule is O=C(O)/C(=C/c1c(C(=O)O)[nH]c2cc(Cl)cc(Cl)c12)c1ccccc1Cl. The fourth-order valence-electron chi connectivity index (χ4n) is 2.66. The van der Waals surface area contributed by atoms with E-state index in [1.54, 1.807) is 18.2 Å². The fourth-order valence-corrected chi connectivity index (χ4v) is 3.50. The predicted molar refractivity (Wildman–Crippen MR) is 102 cm³/mol. The molecule has 0 radical (unpaired) electrons. The third kappa shape index (κ3) is 3.29. The van der Waals surface area contributed by atoms with Crippen LogP contribution < -0.4 is 0 Å². The van der Waals surface area contributed by atoms with E-state index < -0.39 is 11.9 Å². The summed E-state index contributed by atoms with van der Waals surface area (Å²) in [4.78, 5) is 26.1. The Kier molecular flexibility index (Phi) is 4.96. The lowest BCUT2D eigenvalue weighted by Gasteiger charge is -2.06. The van der Waals surface area contributed by atoms with Crippen molar-refractivity contribution in [2.24, 2.45) is 0 Å². The van der Waals surface area contributed by atoms with Gasteiger partial charge < -0.3 is 15.2 Å². The van der Waals surface area contributed by atoms with Crippen molar-refractivity contribution in [1.29, 1.82) is 0 Å². The maximum Gasteiger partial charge on any atom is 0.352 e. The summed E-state index contributed by atoms with van der Waals surface area (Å²) in [5.74, 6) is -2.52. The second-order valence-corrected chi connectivity index (χ2v) is 6.62. The minimum atomic E-state index is -1.26. The molecule has 0 bridgehead atoms. The molecular weight excluding hydrogens is 401 g/mol. The molecule has 5 nitrogen and oxygen atoms in total. The van der Waals surface area contributed by atoms with Gasteiger partial charge in [0.15, 0.2) is 0 Å². The number of H-pyrrole nitrogens is 1. The molecule has 0 aliphatic rings. The van der Waals surface area contributed by atoms with Gasteiger partial charge in [-0.2, -0.15) is 0 Å². The van der Waals surface area contributed by atoms with Crippen LogP contribution in [0.1, 0.15) is 21.6 Å². The number of nitrogens with one attached hydrogen (secondary N) is 1. The first kappa shape index (κ1) is 18.3. The molecular formula is C18H10Cl3NO4. The van der Waals surface area contributed by atoms with Crippen molar-refractivity contribution in [3.8, 4) is 0 Å². The summed E-state index contributed by atoms with van der Waals surface area (Å²) in [6, 6.07) is 9.36. The molecule has 0 saturated heterocycles. The molecule has 8 heteroatoms. The zero-order chi connectivity index (χ0) is 19.0. The first-order valence-electron chi connectivity index (χ1n) is 7.23. The Bertz CT molecular complexity index is 1090. The molecule has 0 unspecified atom stereocenters. The molecule has 0 saturated carbocycles. The van der Waals surface area contributed by atoms with E-state index in [2.05, 4.69) is 4.98 Å². The average Bonchev–Trinajstić information content (AvgIpc) is 2.92. The number of carboxylic acids is 2. The topological polar surface area (TPSA) is 90.4 Å². The van der Waals surface area contributed by atoms with Gasteiger partial charge in [0, 0.05) is 32.1 Å². The van der Waals surface area contributed by atoms with E-state index in [0.717, 1.165) is 0 Å².